The topological polar surface area (TPSA) is 38.0 Å². The Balaban J connectivity index is 2.39. The minimum Gasteiger partial charge on any atom is -0.382 e. The third-order valence-electron chi connectivity index (χ3n) is 2.38. The first-order valence-corrected chi connectivity index (χ1v) is 6.16. The van der Waals surface area contributed by atoms with Crippen molar-refractivity contribution in [1.29, 1.82) is 0 Å². The summed E-state index contributed by atoms with van der Waals surface area (Å²) in [5, 5.41) is 14.7. The van der Waals surface area contributed by atoms with Crippen molar-refractivity contribution in [2.24, 2.45) is 7.05 Å². The first-order chi connectivity index (χ1) is 7.59. The van der Waals surface area contributed by atoms with Crippen molar-refractivity contribution in [2.45, 2.75) is 6.10 Å². The summed E-state index contributed by atoms with van der Waals surface area (Å²) in [4.78, 5) is 0. The molecule has 5 heteroatoms. The van der Waals surface area contributed by atoms with E-state index in [1.807, 2.05) is 24.3 Å². The number of rotatable bonds is 2. The lowest BCUT2D eigenvalue weighted by Crippen LogP contribution is -2.07. The predicted molar refractivity (Wildman–Crippen MR) is 71.4 cm³/mol. The molecule has 0 radical (unpaired) electrons. The largest absolute Gasteiger partial charge is 0.382 e. The van der Waals surface area contributed by atoms with Crippen molar-refractivity contribution in [3.8, 4) is 0 Å². The van der Waals surface area contributed by atoms with Crippen molar-refractivity contribution in [3.63, 3.8) is 0 Å². The molecule has 0 aliphatic heterocycles. The number of aliphatic hydroxyl groups excluding tert-OH is 1. The summed E-state index contributed by atoms with van der Waals surface area (Å²) in [5.74, 6) is 0. The second kappa shape index (κ2) is 4.73. The van der Waals surface area contributed by atoms with Gasteiger partial charge in [0.1, 0.15) is 6.10 Å². The van der Waals surface area contributed by atoms with E-state index in [2.05, 4.69) is 27.7 Å². The van der Waals surface area contributed by atoms with E-state index in [0.717, 1.165) is 9.13 Å². The summed E-state index contributed by atoms with van der Waals surface area (Å²) in [6, 6.07) is 7.66. The third-order valence-corrected chi connectivity index (χ3v) is 3.39. The number of hydrogen-bond acceptors (Lipinski definition) is 2. The van der Waals surface area contributed by atoms with Crippen molar-refractivity contribution in [3.05, 3.63) is 50.3 Å². The average molecular weight is 349 g/mol. The van der Waals surface area contributed by atoms with Gasteiger partial charge in [-0.1, -0.05) is 23.7 Å². The lowest BCUT2D eigenvalue weighted by molar-refractivity contribution is 0.210. The van der Waals surface area contributed by atoms with Gasteiger partial charge in [-0.3, -0.25) is 4.68 Å². The Bertz CT molecular complexity index is 476. The number of nitrogens with zero attached hydrogens (tertiary/aromatic N) is 2. The van der Waals surface area contributed by atoms with Crippen LogP contribution in [0.2, 0.25) is 5.02 Å². The van der Waals surface area contributed by atoms with Crippen molar-refractivity contribution in [2.75, 3.05) is 0 Å². The summed E-state index contributed by atoms with van der Waals surface area (Å²) in [6.45, 7) is 0. The van der Waals surface area contributed by atoms with Crippen molar-refractivity contribution in [1.82, 2.24) is 9.78 Å². The van der Waals surface area contributed by atoms with Crippen LogP contribution in [0.4, 0.5) is 0 Å². The van der Waals surface area contributed by atoms with Gasteiger partial charge >= 0.3 is 0 Å². The quantitative estimate of drug-likeness (QED) is 0.848. The molecule has 0 saturated carbocycles. The van der Waals surface area contributed by atoms with Gasteiger partial charge in [-0.05, 0) is 40.3 Å². The predicted octanol–water partition coefficient (Wildman–Crippen LogP) is 2.76. The maximum Gasteiger partial charge on any atom is 0.122 e. The zero-order chi connectivity index (χ0) is 11.7. The molecule has 1 heterocycles. The van der Waals surface area contributed by atoms with E-state index in [1.165, 1.54) is 6.20 Å². The molecular formula is C11H10ClIN2O. The van der Waals surface area contributed by atoms with Gasteiger partial charge in [-0.15, -0.1) is 0 Å². The van der Waals surface area contributed by atoms with E-state index in [4.69, 9.17) is 11.6 Å². The molecule has 16 heavy (non-hydrogen) atoms. The van der Waals surface area contributed by atoms with Gasteiger partial charge < -0.3 is 5.11 Å². The number of aryl methyl sites for hydroxylation is 1. The molecule has 2 rings (SSSR count). The molecule has 2 aromatic rings. The first-order valence-electron chi connectivity index (χ1n) is 4.70. The van der Waals surface area contributed by atoms with Crippen LogP contribution in [0.3, 0.4) is 0 Å². The Kier molecular flexibility index (Phi) is 3.51. The van der Waals surface area contributed by atoms with Crippen LogP contribution >= 0.6 is 34.2 Å². The molecule has 3 nitrogen and oxygen atoms in total. The first kappa shape index (κ1) is 11.9. The second-order valence-electron chi connectivity index (χ2n) is 3.46. The lowest BCUT2D eigenvalue weighted by atomic mass is 10.1. The minimum absolute atomic E-state index is 0.480. The van der Waals surface area contributed by atoms with Gasteiger partial charge in [0.05, 0.1) is 16.9 Å². The second-order valence-corrected chi connectivity index (χ2v) is 5.11. The van der Waals surface area contributed by atoms with Crippen LogP contribution in [0.25, 0.3) is 0 Å². The SMILES string of the molecule is Cn1ncc(Cl)c1C(O)c1ccc(I)cc1. The summed E-state index contributed by atoms with van der Waals surface area (Å²) in [7, 11) is 1.76. The zero-order valence-corrected chi connectivity index (χ0v) is 11.5. The van der Waals surface area contributed by atoms with Gasteiger partial charge in [0, 0.05) is 10.6 Å². The summed E-state index contributed by atoms with van der Waals surface area (Å²) < 4.78 is 2.72. The molecule has 0 aliphatic carbocycles. The Labute approximate surface area is 112 Å². The van der Waals surface area contributed by atoms with E-state index < -0.39 is 6.10 Å². The molecule has 0 spiro atoms. The fourth-order valence-corrected chi connectivity index (χ4v) is 2.16. The molecule has 0 amide bonds. The van der Waals surface area contributed by atoms with E-state index in [1.54, 1.807) is 11.7 Å². The van der Waals surface area contributed by atoms with Gasteiger partial charge in [0.2, 0.25) is 0 Å². The average Bonchev–Trinajstić information content (AvgIpc) is 2.59. The fourth-order valence-electron chi connectivity index (χ4n) is 1.53. The fraction of sp³-hybridized carbons (Fsp3) is 0.182. The van der Waals surface area contributed by atoms with Crippen LogP contribution in [0.1, 0.15) is 17.4 Å². The lowest BCUT2D eigenvalue weighted by Gasteiger charge is -2.12. The van der Waals surface area contributed by atoms with Crippen LogP contribution in [0.15, 0.2) is 30.5 Å². The Hall–Kier alpha value is -0.590. The van der Waals surface area contributed by atoms with Crippen LogP contribution in [-0.2, 0) is 7.05 Å². The molecule has 1 aromatic heterocycles. The standard InChI is InChI=1S/C11H10ClIN2O/c1-15-10(9(12)6-14-15)11(16)7-2-4-8(13)5-3-7/h2-6,11,16H,1H3. The molecule has 0 saturated heterocycles. The highest BCUT2D eigenvalue weighted by atomic mass is 127. The number of halogens is 2. The maximum absolute atomic E-state index is 10.2. The molecule has 0 bridgehead atoms. The highest BCUT2D eigenvalue weighted by Gasteiger charge is 2.17. The highest BCUT2D eigenvalue weighted by molar-refractivity contribution is 14.1. The third kappa shape index (κ3) is 2.23. The number of hydrogen-bond donors (Lipinski definition) is 1. The number of benzene rings is 1. The van der Waals surface area contributed by atoms with E-state index >= 15 is 0 Å². The van der Waals surface area contributed by atoms with Crippen LogP contribution in [0.5, 0.6) is 0 Å². The normalized spacial score (nSPS) is 12.8. The molecule has 84 valence electrons. The molecule has 1 atom stereocenters. The molecule has 1 N–H and O–H groups in total. The minimum atomic E-state index is -0.739. The molecule has 0 aliphatic rings. The van der Waals surface area contributed by atoms with Crippen LogP contribution in [0, 0.1) is 3.57 Å². The van der Waals surface area contributed by atoms with Crippen molar-refractivity contribution < 1.29 is 5.11 Å². The smallest absolute Gasteiger partial charge is 0.122 e. The number of aromatic nitrogens is 2. The number of aliphatic hydroxyl groups is 1. The van der Waals surface area contributed by atoms with Gasteiger partial charge in [0.15, 0.2) is 0 Å². The monoisotopic (exact) mass is 348 g/mol. The van der Waals surface area contributed by atoms with E-state index in [-0.39, 0.29) is 0 Å². The van der Waals surface area contributed by atoms with Gasteiger partial charge in [0.25, 0.3) is 0 Å². The Morgan fingerprint density at radius 3 is 2.50 bits per heavy atom. The van der Waals surface area contributed by atoms with Crippen LogP contribution in [-0.4, -0.2) is 14.9 Å². The van der Waals surface area contributed by atoms with E-state index in [9.17, 15) is 5.11 Å². The maximum atomic E-state index is 10.2. The van der Waals surface area contributed by atoms with Gasteiger partial charge in [-0.2, -0.15) is 5.10 Å². The van der Waals surface area contributed by atoms with Crippen molar-refractivity contribution >= 4 is 34.2 Å². The molecular weight excluding hydrogens is 338 g/mol. The Morgan fingerprint density at radius 1 is 1.38 bits per heavy atom. The Morgan fingerprint density at radius 2 is 2.00 bits per heavy atom. The highest BCUT2D eigenvalue weighted by Crippen LogP contribution is 2.27. The molecule has 1 aromatic carbocycles. The zero-order valence-electron chi connectivity index (χ0n) is 8.56. The molecule has 1 unspecified atom stereocenters. The van der Waals surface area contributed by atoms with E-state index in [0.29, 0.717) is 10.7 Å². The van der Waals surface area contributed by atoms with Crippen LogP contribution < -0.4 is 0 Å². The summed E-state index contributed by atoms with van der Waals surface area (Å²) >= 11 is 8.20. The van der Waals surface area contributed by atoms with Gasteiger partial charge in [-0.25, -0.2) is 0 Å². The summed E-state index contributed by atoms with van der Waals surface area (Å²) in [5.41, 5.74) is 1.42. The molecule has 0 fully saturated rings. The summed E-state index contributed by atoms with van der Waals surface area (Å²) in [6.07, 6.45) is 0.796.